The number of nitrogens with zero attached hydrogens (tertiary/aromatic N) is 2. The summed E-state index contributed by atoms with van der Waals surface area (Å²) >= 11 is 0. The molecule has 0 radical (unpaired) electrons. The Morgan fingerprint density at radius 2 is 1.87 bits per heavy atom. The Morgan fingerprint density at radius 1 is 1.22 bits per heavy atom. The normalized spacial score (nSPS) is 23.8. The van der Waals surface area contributed by atoms with Gasteiger partial charge in [0.05, 0.1) is 0 Å². The predicted molar refractivity (Wildman–Crippen MR) is 88.0 cm³/mol. The highest BCUT2D eigenvalue weighted by atomic mass is 16.3. The smallest absolute Gasteiger partial charge is 0.254 e. The summed E-state index contributed by atoms with van der Waals surface area (Å²) in [6.07, 6.45) is 4.23. The van der Waals surface area contributed by atoms with Gasteiger partial charge in [-0.15, -0.1) is 0 Å². The first-order valence-electron chi connectivity index (χ1n) is 8.39. The van der Waals surface area contributed by atoms with Crippen molar-refractivity contribution in [3.63, 3.8) is 0 Å². The molecule has 1 N–H and O–H groups in total. The summed E-state index contributed by atoms with van der Waals surface area (Å²) in [5, 5.41) is 10.5. The van der Waals surface area contributed by atoms with Crippen LogP contribution in [-0.2, 0) is 9.59 Å². The Labute approximate surface area is 136 Å². The summed E-state index contributed by atoms with van der Waals surface area (Å²) in [6, 6.07) is 9.06. The lowest BCUT2D eigenvalue weighted by Crippen LogP contribution is -2.57. The van der Waals surface area contributed by atoms with E-state index < -0.39 is 11.6 Å². The number of hydrogen-bond acceptors (Lipinski definition) is 3. The van der Waals surface area contributed by atoms with Crippen molar-refractivity contribution < 1.29 is 14.7 Å². The Kier molecular flexibility index (Phi) is 4.39. The molecular formula is C18H24N2O3. The van der Waals surface area contributed by atoms with Gasteiger partial charge in [0.25, 0.3) is 5.91 Å². The number of hydrogen-bond donors (Lipinski definition) is 1. The van der Waals surface area contributed by atoms with E-state index in [1.807, 2.05) is 30.3 Å². The largest absolute Gasteiger partial charge is 0.380 e. The third kappa shape index (κ3) is 2.98. The van der Waals surface area contributed by atoms with Crippen LogP contribution in [0.25, 0.3) is 0 Å². The molecule has 2 fully saturated rings. The lowest BCUT2D eigenvalue weighted by atomic mass is 9.97. The van der Waals surface area contributed by atoms with Crippen LogP contribution in [0.3, 0.4) is 0 Å². The number of amides is 2. The second-order valence-electron chi connectivity index (χ2n) is 6.64. The first-order chi connectivity index (χ1) is 11.0. The number of aliphatic hydroxyl groups is 1. The zero-order chi connectivity index (χ0) is 16.4. The van der Waals surface area contributed by atoms with Crippen LogP contribution in [0.1, 0.15) is 38.5 Å². The third-order valence-electron chi connectivity index (χ3n) is 5.09. The van der Waals surface area contributed by atoms with E-state index in [9.17, 15) is 14.7 Å². The predicted octanol–water partition coefficient (Wildman–Crippen LogP) is 1.95. The van der Waals surface area contributed by atoms with Gasteiger partial charge in [-0.05, 0) is 50.7 Å². The maximum Gasteiger partial charge on any atom is 0.254 e. The highest BCUT2D eigenvalue weighted by Crippen LogP contribution is 2.32. The summed E-state index contributed by atoms with van der Waals surface area (Å²) in [7, 11) is 1.65. The number of carbonyl (C=O) groups excluding carboxylic acids is 2. The number of para-hydroxylation sites is 1. The molecule has 3 rings (SSSR count). The van der Waals surface area contributed by atoms with Gasteiger partial charge in [-0.25, -0.2) is 0 Å². The molecule has 2 aliphatic rings. The molecule has 0 bridgehead atoms. The monoisotopic (exact) mass is 316 g/mol. The van der Waals surface area contributed by atoms with Crippen molar-refractivity contribution in [1.29, 1.82) is 0 Å². The lowest BCUT2D eigenvalue weighted by Gasteiger charge is -2.39. The summed E-state index contributed by atoms with van der Waals surface area (Å²) < 4.78 is 0. The minimum atomic E-state index is -1.27. The molecule has 1 aliphatic carbocycles. The first-order valence-corrected chi connectivity index (χ1v) is 8.39. The maximum absolute atomic E-state index is 12.8. The Morgan fingerprint density at radius 3 is 2.52 bits per heavy atom. The Balaban J connectivity index is 1.77. The van der Waals surface area contributed by atoms with Crippen LogP contribution in [0.5, 0.6) is 0 Å². The second-order valence-corrected chi connectivity index (χ2v) is 6.64. The van der Waals surface area contributed by atoms with Gasteiger partial charge >= 0.3 is 0 Å². The number of anilines is 1. The molecule has 0 spiro atoms. The van der Waals surface area contributed by atoms with Crippen molar-refractivity contribution in [2.75, 3.05) is 18.5 Å². The van der Waals surface area contributed by atoms with E-state index in [0.29, 0.717) is 25.8 Å². The summed E-state index contributed by atoms with van der Waals surface area (Å²) in [5.74, 6) is -0.358. The molecule has 1 atom stereocenters. The van der Waals surface area contributed by atoms with Gasteiger partial charge in [-0.2, -0.15) is 0 Å². The summed E-state index contributed by atoms with van der Waals surface area (Å²) in [5.41, 5.74) is -0.410. The molecular weight excluding hydrogens is 292 g/mol. The highest BCUT2D eigenvalue weighted by molar-refractivity contribution is 6.00. The van der Waals surface area contributed by atoms with Crippen molar-refractivity contribution in [3.05, 3.63) is 30.3 Å². The van der Waals surface area contributed by atoms with E-state index in [2.05, 4.69) is 0 Å². The van der Waals surface area contributed by atoms with Crippen molar-refractivity contribution >= 4 is 17.5 Å². The molecule has 1 aromatic rings. The molecule has 1 aromatic carbocycles. The number of likely N-dealkylation sites (N-methyl/N-ethyl adjacent to an activating group) is 1. The molecule has 1 saturated carbocycles. The third-order valence-corrected chi connectivity index (χ3v) is 5.09. The number of benzene rings is 1. The highest BCUT2D eigenvalue weighted by Gasteiger charge is 2.44. The van der Waals surface area contributed by atoms with Gasteiger partial charge in [-0.1, -0.05) is 18.2 Å². The van der Waals surface area contributed by atoms with Crippen molar-refractivity contribution in [2.24, 2.45) is 0 Å². The summed E-state index contributed by atoms with van der Waals surface area (Å²) in [4.78, 5) is 28.7. The summed E-state index contributed by atoms with van der Waals surface area (Å²) in [6.45, 7) is 0.672. The van der Waals surface area contributed by atoms with Gasteiger partial charge in [0.1, 0.15) is 11.6 Å². The standard InChI is InChI=1S/C18H24N2O3/c1-19(17(22)18(23)11-5-6-12-18)15-10-7-13-20(16(15)21)14-8-3-2-4-9-14/h2-4,8-9,15,23H,5-7,10-13H2,1H3. The van der Waals surface area contributed by atoms with Gasteiger partial charge in [-0.3, -0.25) is 9.59 Å². The van der Waals surface area contributed by atoms with Crippen molar-refractivity contribution in [1.82, 2.24) is 4.90 Å². The van der Waals surface area contributed by atoms with Crippen LogP contribution in [0, 0.1) is 0 Å². The molecule has 23 heavy (non-hydrogen) atoms. The van der Waals surface area contributed by atoms with E-state index in [0.717, 1.165) is 24.9 Å². The van der Waals surface area contributed by atoms with E-state index in [1.165, 1.54) is 4.90 Å². The molecule has 0 aromatic heterocycles. The number of piperidine rings is 1. The van der Waals surface area contributed by atoms with Gasteiger partial charge in [0.15, 0.2) is 0 Å². The van der Waals surface area contributed by atoms with Crippen LogP contribution in [0.2, 0.25) is 0 Å². The maximum atomic E-state index is 12.8. The topological polar surface area (TPSA) is 60.9 Å². The molecule has 1 saturated heterocycles. The molecule has 1 unspecified atom stereocenters. The molecule has 5 nitrogen and oxygen atoms in total. The number of carbonyl (C=O) groups is 2. The molecule has 5 heteroatoms. The van der Waals surface area contributed by atoms with E-state index in [1.54, 1.807) is 11.9 Å². The molecule has 124 valence electrons. The van der Waals surface area contributed by atoms with Crippen LogP contribution < -0.4 is 4.90 Å². The van der Waals surface area contributed by atoms with E-state index in [-0.39, 0.29) is 11.8 Å². The van der Waals surface area contributed by atoms with Crippen LogP contribution in [0.15, 0.2) is 30.3 Å². The van der Waals surface area contributed by atoms with E-state index in [4.69, 9.17) is 0 Å². The van der Waals surface area contributed by atoms with Crippen LogP contribution in [0.4, 0.5) is 5.69 Å². The Hall–Kier alpha value is -1.88. The quantitative estimate of drug-likeness (QED) is 0.927. The van der Waals surface area contributed by atoms with Gasteiger partial charge in [0, 0.05) is 19.3 Å². The SMILES string of the molecule is CN(C(=O)C1(O)CCCC1)C1CCCN(c2ccccc2)C1=O. The second kappa shape index (κ2) is 6.32. The van der Waals surface area contributed by atoms with Crippen molar-refractivity contribution in [3.8, 4) is 0 Å². The van der Waals surface area contributed by atoms with Crippen LogP contribution >= 0.6 is 0 Å². The number of rotatable bonds is 3. The minimum Gasteiger partial charge on any atom is -0.380 e. The van der Waals surface area contributed by atoms with Gasteiger partial charge in [0.2, 0.25) is 5.91 Å². The zero-order valence-corrected chi connectivity index (χ0v) is 13.6. The molecule has 2 amide bonds. The first kappa shape index (κ1) is 16.0. The average molecular weight is 316 g/mol. The fraction of sp³-hybridized carbons (Fsp3) is 0.556. The fourth-order valence-electron chi connectivity index (χ4n) is 3.72. The molecule has 1 aliphatic heterocycles. The van der Waals surface area contributed by atoms with Gasteiger partial charge < -0.3 is 14.9 Å². The van der Waals surface area contributed by atoms with Crippen molar-refractivity contribution in [2.45, 2.75) is 50.2 Å². The Bertz CT molecular complexity index is 581. The zero-order valence-electron chi connectivity index (χ0n) is 13.6. The average Bonchev–Trinajstić information content (AvgIpc) is 3.02. The molecule has 1 heterocycles. The fourth-order valence-corrected chi connectivity index (χ4v) is 3.72. The van der Waals surface area contributed by atoms with Crippen LogP contribution in [-0.4, -0.2) is 47.1 Å². The minimum absolute atomic E-state index is 0.0557. The lowest BCUT2D eigenvalue weighted by molar-refractivity contribution is -0.154. The van der Waals surface area contributed by atoms with E-state index >= 15 is 0 Å².